The summed E-state index contributed by atoms with van der Waals surface area (Å²) in [4.78, 5) is 9.06. The van der Waals surface area contributed by atoms with E-state index >= 15 is 0 Å². The monoisotopic (exact) mass is 332 g/mol. The molecule has 3 aromatic rings. The van der Waals surface area contributed by atoms with Crippen molar-refractivity contribution in [3.05, 3.63) is 28.7 Å². The van der Waals surface area contributed by atoms with Crippen LogP contribution in [-0.4, -0.2) is 21.1 Å². The number of aromatic nitrogens is 3. The average Bonchev–Trinajstić information content (AvgIpc) is 2.98. The molecule has 0 radical (unpaired) electrons. The van der Waals surface area contributed by atoms with Gasteiger partial charge in [-0.05, 0) is 40.5 Å². The van der Waals surface area contributed by atoms with Crippen LogP contribution in [0.4, 0.5) is 5.95 Å². The quantitative estimate of drug-likeness (QED) is 0.740. The van der Waals surface area contributed by atoms with Crippen molar-refractivity contribution < 1.29 is 4.42 Å². The first-order valence-electron chi connectivity index (χ1n) is 6.60. The van der Waals surface area contributed by atoms with Gasteiger partial charge in [-0.25, -0.2) is 9.97 Å². The Morgan fingerprint density at radius 3 is 3.10 bits per heavy atom. The Bertz CT molecular complexity index is 805. The van der Waals surface area contributed by atoms with Crippen LogP contribution < -0.4 is 5.32 Å². The molecule has 20 heavy (non-hydrogen) atoms. The maximum absolute atomic E-state index is 5.51. The van der Waals surface area contributed by atoms with Gasteiger partial charge >= 0.3 is 0 Å². The van der Waals surface area contributed by atoms with Crippen molar-refractivity contribution >= 4 is 33.0 Å². The summed E-state index contributed by atoms with van der Waals surface area (Å²) >= 11 is 3.66. The molecular formula is C14H13BrN4O. The van der Waals surface area contributed by atoms with Crippen LogP contribution in [0.15, 0.2) is 27.2 Å². The van der Waals surface area contributed by atoms with Crippen LogP contribution in [0, 0.1) is 6.92 Å². The van der Waals surface area contributed by atoms with Crippen LogP contribution in [0.25, 0.3) is 22.4 Å². The van der Waals surface area contributed by atoms with Crippen molar-refractivity contribution in [3.8, 4) is 11.3 Å². The van der Waals surface area contributed by atoms with Crippen LogP contribution in [0.5, 0.6) is 0 Å². The number of halogens is 1. The molecule has 1 aliphatic rings. The second-order valence-electron chi connectivity index (χ2n) is 4.92. The first kappa shape index (κ1) is 12.0. The SMILES string of the molecule is Cc1nc2cc(-c3nc4n(c3Br)CCCN4)ccc2o1. The molecule has 102 valence electrons. The number of imidazole rings is 1. The van der Waals surface area contributed by atoms with Gasteiger partial charge in [-0.15, -0.1) is 0 Å². The lowest BCUT2D eigenvalue weighted by Crippen LogP contribution is -2.17. The van der Waals surface area contributed by atoms with E-state index in [4.69, 9.17) is 4.42 Å². The molecule has 0 aliphatic carbocycles. The number of rotatable bonds is 1. The number of oxazole rings is 1. The number of aryl methyl sites for hydroxylation is 1. The largest absolute Gasteiger partial charge is 0.441 e. The number of nitrogens with one attached hydrogen (secondary N) is 1. The minimum atomic E-state index is 0.682. The second-order valence-corrected chi connectivity index (χ2v) is 5.67. The third-order valence-electron chi connectivity index (χ3n) is 3.52. The Morgan fingerprint density at radius 1 is 1.35 bits per heavy atom. The van der Waals surface area contributed by atoms with Gasteiger partial charge in [0.1, 0.15) is 15.8 Å². The zero-order chi connectivity index (χ0) is 13.7. The molecule has 0 spiro atoms. The predicted molar refractivity (Wildman–Crippen MR) is 80.8 cm³/mol. The van der Waals surface area contributed by atoms with E-state index in [1.54, 1.807) is 0 Å². The highest BCUT2D eigenvalue weighted by molar-refractivity contribution is 9.10. The van der Waals surface area contributed by atoms with E-state index in [9.17, 15) is 0 Å². The number of fused-ring (bicyclic) bond motifs is 2. The van der Waals surface area contributed by atoms with E-state index < -0.39 is 0 Å². The van der Waals surface area contributed by atoms with Crippen LogP contribution >= 0.6 is 15.9 Å². The molecule has 5 nitrogen and oxygen atoms in total. The molecule has 0 atom stereocenters. The Morgan fingerprint density at radius 2 is 2.25 bits per heavy atom. The average molecular weight is 333 g/mol. The van der Waals surface area contributed by atoms with Gasteiger partial charge in [0, 0.05) is 25.6 Å². The molecule has 0 bridgehead atoms. The van der Waals surface area contributed by atoms with Crippen LogP contribution in [0.2, 0.25) is 0 Å². The molecule has 0 saturated heterocycles. The topological polar surface area (TPSA) is 55.9 Å². The maximum atomic E-state index is 5.51. The van der Waals surface area contributed by atoms with Gasteiger partial charge in [-0.2, -0.15) is 0 Å². The minimum Gasteiger partial charge on any atom is -0.441 e. The number of hydrogen-bond acceptors (Lipinski definition) is 4. The number of hydrogen-bond donors (Lipinski definition) is 1. The summed E-state index contributed by atoms with van der Waals surface area (Å²) in [7, 11) is 0. The van der Waals surface area contributed by atoms with Crippen molar-refractivity contribution in [2.45, 2.75) is 19.9 Å². The molecule has 1 aliphatic heterocycles. The molecule has 4 rings (SSSR count). The lowest BCUT2D eigenvalue weighted by molar-refractivity contribution is 0.561. The van der Waals surface area contributed by atoms with Crippen molar-refractivity contribution in [3.63, 3.8) is 0 Å². The van der Waals surface area contributed by atoms with Crippen molar-refractivity contribution in [2.24, 2.45) is 0 Å². The summed E-state index contributed by atoms with van der Waals surface area (Å²) in [6.45, 7) is 3.82. The lowest BCUT2D eigenvalue weighted by Gasteiger charge is -2.15. The Kier molecular flexibility index (Phi) is 2.60. The van der Waals surface area contributed by atoms with Crippen LogP contribution in [0.1, 0.15) is 12.3 Å². The summed E-state index contributed by atoms with van der Waals surface area (Å²) in [5, 5.41) is 3.32. The predicted octanol–water partition coefficient (Wildman–Crippen LogP) is 3.58. The van der Waals surface area contributed by atoms with Gasteiger partial charge < -0.3 is 14.3 Å². The van der Waals surface area contributed by atoms with E-state index in [0.29, 0.717) is 5.89 Å². The summed E-state index contributed by atoms with van der Waals surface area (Å²) in [6.07, 6.45) is 1.11. The molecule has 2 aromatic heterocycles. The molecule has 0 unspecified atom stereocenters. The second kappa shape index (κ2) is 4.34. The maximum Gasteiger partial charge on any atom is 0.204 e. The first-order chi connectivity index (χ1) is 9.72. The van der Waals surface area contributed by atoms with Crippen molar-refractivity contribution in [2.75, 3.05) is 11.9 Å². The fraction of sp³-hybridized carbons (Fsp3) is 0.286. The van der Waals surface area contributed by atoms with E-state index in [0.717, 1.165) is 52.4 Å². The third-order valence-corrected chi connectivity index (χ3v) is 4.32. The van der Waals surface area contributed by atoms with E-state index in [1.807, 2.05) is 25.1 Å². The number of nitrogens with zero attached hydrogens (tertiary/aromatic N) is 3. The number of anilines is 1. The molecule has 6 heteroatoms. The fourth-order valence-electron chi connectivity index (χ4n) is 2.58. The highest BCUT2D eigenvalue weighted by Gasteiger charge is 2.19. The van der Waals surface area contributed by atoms with Crippen molar-refractivity contribution in [1.29, 1.82) is 0 Å². The molecule has 0 saturated carbocycles. The molecule has 0 fully saturated rings. The zero-order valence-electron chi connectivity index (χ0n) is 11.0. The third kappa shape index (κ3) is 1.75. The molecular weight excluding hydrogens is 320 g/mol. The molecule has 0 amide bonds. The van der Waals surface area contributed by atoms with Gasteiger partial charge in [0.05, 0.1) is 0 Å². The number of benzene rings is 1. The summed E-state index contributed by atoms with van der Waals surface area (Å²) in [6, 6.07) is 5.99. The van der Waals surface area contributed by atoms with Crippen LogP contribution in [-0.2, 0) is 6.54 Å². The molecule has 1 aromatic carbocycles. The van der Waals surface area contributed by atoms with Gasteiger partial charge in [0.25, 0.3) is 0 Å². The van der Waals surface area contributed by atoms with Crippen LogP contribution in [0.3, 0.4) is 0 Å². The summed E-state index contributed by atoms with van der Waals surface area (Å²) < 4.78 is 8.69. The normalized spacial score (nSPS) is 14.3. The summed E-state index contributed by atoms with van der Waals surface area (Å²) in [5.74, 6) is 1.61. The molecule has 3 heterocycles. The smallest absolute Gasteiger partial charge is 0.204 e. The van der Waals surface area contributed by atoms with Gasteiger partial charge in [0.2, 0.25) is 5.95 Å². The zero-order valence-corrected chi connectivity index (χ0v) is 12.6. The molecule has 1 N–H and O–H groups in total. The Hall–Kier alpha value is -1.82. The van der Waals surface area contributed by atoms with Gasteiger partial charge in [0.15, 0.2) is 11.5 Å². The minimum absolute atomic E-state index is 0.682. The highest BCUT2D eigenvalue weighted by atomic mass is 79.9. The van der Waals surface area contributed by atoms with E-state index in [-0.39, 0.29) is 0 Å². The van der Waals surface area contributed by atoms with Gasteiger partial charge in [-0.3, -0.25) is 0 Å². The highest BCUT2D eigenvalue weighted by Crippen LogP contribution is 2.33. The lowest BCUT2D eigenvalue weighted by atomic mass is 10.1. The van der Waals surface area contributed by atoms with Gasteiger partial charge in [-0.1, -0.05) is 0 Å². The Labute approximate surface area is 124 Å². The standard InChI is InChI=1S/C14H13BrN4O/c1-8-17-10-7-9(3-4-11(10)20-8)12-13(15)19-6-2-5-16-14(19)18-12/h3-4,7H,2,5-6H2,1H3,(H,16,18). The summed E-state index contributed by atoms with van der Waals surface area (Å²) in [5.41, 5.74) is 3.66. The fourth-order valence-corrected chi connectivity index (χ4v) is 3.25. The van der Waals surface area contributed by atoms with Crippen molar-refractivity contribution in [1.82, 2.24) is 14.5 Å². The van der Waals surface area contributed by atoms with E-state index in [2.05, 4.69) is 35.8 Å². The first-order valence-corrected chi connectivity index (χ1v) is 7.39. The van der Waals surface area contributed by atoms with E-state index in [1.165, 1.54) is 0 Å². The Balaban J connectivity index is 1.87.